The van der Waals surface area contributed by atoms with E-state index in [0.29, 0.717) is 50.5 Å². The Hall–Kier alpha value is -4.20. The summed E-state index contributed by atoms with van der Waals surface area (Å²) in [5.41, 5.74) is 4.17. The van der Waals surface area contributed by atoms with Gasteiger partial charge in [-0.25, -0.2) is 4.39 Å². The van der Waals surface area contributed by atoms with E-state index in [2.05, 4.69) is 10.2 Å². The third-order valence-corrected chi connectivity index (χ3v) is 7.22. The van der Waals surface area contributed by atoms with E-state index in [9.17, 15) is 18.8 Å². The molecule has 0 unspecified atom stereocenters. The fourth-order valence-corrected chi connectivity index (χ4v) is 4.99. The van der Waals surface area contributed by atoms with Crippen molar-refractivity contribution in [2.45, 2.75) is 19.9 Å². The van der Waals surface area contributed by atoms with Gasteiger partial charge in [0.05, 0.1) is 5.92 Å². The predicted octanol–water partition coefficient (Wildman–Crippen LogP) is 4.08. The highest BCUT2D eigenvalue weighted by molar-refractivity contribution is 5.99. The van der Waals surface area contributed by atoms with Crippen molar-refractivity contribution in [2.24, 2.45) is 5.92 Å². The molecule has 2 fully saturated rings. The third kappa shape index (κ3) is 5.85. The Kier molecular flexibility index (Phi) is 7.40. The molecule has 5 rings (SSSR count). The van der Waals surface area contributed by atoms with Gasteiger partial charge in [-0.2, -0.15) is 0 Å². The van der Waals surface area contributed by atoms with Crippen LogP contribution in [-0.2, 0) is 16.1 Å². The summed E-state index contributed by atoms with van der Waals surface area (Å²) in [7, 11) is 0. The minimum atomic E-state index is -0.438. The van der Waals surface area contributed by atoms with Crippen molar-refractivity contribution >= 4 is 29.1 Å². The molecule has 8 heteroatoms. The van der Waals surface area contributed by atoms with Crippen LogP contribution in [0.2, 0.25) is 0 Å². The monoisotopic (exact) mass is 514 g/mol. The van der Waals surface area contributed by atoms with Crippen molar-refractivity contribution in [2.75, 3.05) is 42.9 Å². The largest absolute Gasteiger partial charge is 0.368 e. The highest BCUT2D eigenvalue weighted by atomic mass is 19.1. The quantitative estimate of drug-likeness (QED) is 0.538. The summed E-state index contributed by atoms with van der Waals surface area (Å²) in [4.78, 5) is 44.3. The zero-order valence-corrected chi connectivity index (χ0v) is 21.4. The zero-order chi connectivity index (χ0) is 26.6. The molecule has 3 aromatic rings. The molecule has 7 nitrogen and oxygen atoms in total. The maximum absolute atomic E-state index is 13.2. The smallest absolute Gasteiger partial charge is 0.254 e. The molecule has 2 heterocycles. The minimum absolute atomic E-state index is 0.0329. The van der Waals surface area contributed by atoms with E-state index in [0.717, 1.165) is 16.8 Å². The maximum Gasteiger partial charge on any atom is 0.254 e. The first kappa shape index (κ1) is 25.4. The number of amides is 3. The van der Waals surface area contributed by atoms with Gasteiger partial charge in [-0.15, -0.1) is 0 Å². The van der Waals surface area contributed by atoms with E-state index in [1.165, 1.54) is 12.1 Å². The summed E-state index contributed by atoms with van der Waals surface area (Å²) in [5, 5.41) is 2.90. The first-order chi connectivity index (χ1) is 18.4. The lowest BCUT2D eigenvalue weighted by Gasteiger charge is -2.36. The fourth-order valence-electron chi connectivity index (χ4n) is 4.99. The average molecular weight is 515 g/mol. The molecule has 0 aliphatic carbocycles. The number of hydrogen-bond acceptors (Lipinski definition) is 4. The summed E-state index contributed by atoms with van der Waals surface area (Å²) in [5.74, 6) is -1.06. The molecule has 0 radical (unpaired) electrons. The van der Waals surface area contributed by atoms with Gasteiger partial charge in [-0.3, -0.25) is 14.4 Å². The number of rotatable bonds is 6. The minimum Gasteiger partial charge on any atom is -0.368 e. The van der Waals surface area contributed by atoms with Gasteiger partial charge >= 0.3 is 0 Å². The van der Waals surface area contributed by atoms with Gasteiger partial charge in [-0.1, -0.05) is 35.9 Å². The second-order valence-electron chi connectivity index (χ2n) is 9.99. The first-order valence-electron chi connectivity index (χ1n) is 12.9. The molecule has 1 atom stereocenters. The van der Waals surface area contributed by atoms with Gasteiger partial charge in [0.1, 0.15) is 5.82 Å². The third-order valence-electron chi connectivity index (χ3n) is 7.22. The van der Waals surface area contributed by atoms with Gasteiger partial charge in [-0.05, 0) is 55.0 Å². The Bertz CT molecular complexity index is 1320. The normalized spacial score (nSPS) is 17.6. The molecule has 3 amide bonds. The number of carbonyl (C=O) groups excluding carboxylic acids is 3. The van der Waals surface area contributed by atoms with E-state index in [4.69, 9.17) is 0 Å². The summed E-state index contributed by atoms with van der Waals surface area (Å²) in [6.07, 6.45) is 0.175. The zero-order valence-electron chi connectivity index (χ0n) is 21.4. The lowest BCUT2D eigenvalue weighted by atomic mass is 10.1. The molecule has 0 saturated carbocycles. The Morgan fingerprint density at radius 2 is 1.66 bits per heavy atom. The number of benzene rings is 3. The van der Waals surface area contributed by atoms with Crippen LogP contribution in [0.25, 0.3) is 0 Å². The van der Waals surface area contributed by atoms with Crippen LogP contribution in [-0.4, -0.2) is 60.2 Å². The van der Waals surface area contributed by atoms with Crippen molar-refractivity contribution in [1.82, 2.24) is 9.80 Å². The standard InChI is InChI=1S/C30H31FN4O3/c1-21-5-7-22(8-6-21)19-35-20-24(18-28(35)36)29(37)32-26-4-2-3-23(17-26)30(38)34-15-13-33(14-16-34)27-11-9-25(31)10-12-27/h2-12,17,24H,13-16,18-20H2,1H3,(H,32,37)/t24-/m1/s1. The van der Waals surface area contributed by atoms with Crippen molar-refractivity contribution < 1.29 is 18.8 Å². The van der Waals surface area contributed by atoms with Gasteiger partial charge in [0.25, 0.3) is 5.91 Å². The Labute approximate surface area is 221 Å². The number of nitrogens with one attached hydrogen (secondary N) is 1. The Morgan fingerprint density at radius 1 is 0.947 bits per heavy atom. The number of aryl methyl sites for hydroxylation is 1. The molecule has 2 saturated heterocycles. The van der Waals surface area contributed by atoms with E-state index in [1.54, 1.807) is 46.2 Å². The van der Waals surface area contributed by atoms with Crippen LogP contribution in [0.3, 0.4) is 0 Å². The predicted molar refractivity (Wildman–Crippen MR) is 144 cm³/mol. The molecule has 2 aliphatic heterocycles. The van der Waals surface area contributed by atoms with Crippen molar-refractivity contribution in [3.05, 3.63) is 95.3 Å². The number of hydrogen-bond donors (Lipinski definition) is 1. The van der Waals surface area contributed by atoms with Gasteiger partial charge in [0.15, 0.2) is 0 Å². The SMILES string of the molecule is Cc1ccc(CN2C[C@H](C(=O)Nc3cccc(C(=O)N4CCN(c5ccc(F)cc5)CC4)c3)CC2=O)cc1. The average Bonchev–Trinajstić information content (AvgIpc) is 3.30. The number of nitrogens with zero attached hydrogens (tertiary/aromatic N) is 3. The van der Waals surface area contributed by atoms with Crippen LogP contribution in [0.5, 0.6) is 0 Å². The molecule has 2 aliphatic rings. The van der Waals surface area contributed by atoms with Crippen LogP contribution in [0.1, 0.15) is 27.9 Å². The van der Waals surface area contributed by atoms with E-state index in [1.807, 2.05) is 31.2 Å². The molecule has 0 aromatic heterocycles. The van der Waals surface area contributed by atoms with Crippen molar-refractivity contribution in [1.29, 1.82) is 0 Å². The first-order valence-corrected chi connectivity index (χ1v) is 12.9. The molecule has 38 heavy (non-hydrogen) atoms. The summed E-state index contributed by atoms with van der Waals surface area (Å²) in [6.45, 7) is 5.29. The van der Waals surface area contributed by atoms with Crippen LogP contribution >= 0.6 is 0 Å². The summed E-state index contributed by atoms with van der Waals surface area (Å²) < 4.78 is 13.2. The van der Waals surface area contributed by atoms with E-state index < -0.39 is 5.92 Å². The van der Waals surface area contributed by atoms with Crippen LogP contribution in [0.4, 0.5) is 15.8 Å². The van der Waals surface area contributed by atoms with Gasteiger partial charge in [0.2, 0.25) is 11.8 Å². The molecular formula is C30H31FN4O3. The number of carbonyl (C=O) groups is 3. The number of anilines is 2. The summed E-state index contributed by atoms with van der Waals surface area (Å²) in [6, 6.07) is 21.3. The molecule has 196 valence electrons. The second-order valence-corrected chi connectivity index (χ2v) is 9.99. The molecule has 3 aromatic carbocycles. The van der Waals surface area contributed by atoms with Gasteiger partial charge < -0.3 is 20.0 Å². The summed E-state index contributed by atoms with van der Waals surface area (Å²) >= 11 is 0. The van der Waals surface area contributed by atoms with Crippen LogP contribution < -0.4 is 10.2 Å². The van der Waals surface area contributed by atoms with Gasteiger partial charge in [0, 0.05) is 62.6 Å². The number of likely N-dealkylation sites (tertiary alicyclic amines) is 1. The molecule has 0 spiro atoms. The van der Waals surface area contributed by atoms with Crippen LogP contribution in [0, 0.1) is 18.7 Å². The van der Waals surface area contributed by atoms with Crippen LogP contribution in [0.15, 0.2) is 72.8 Å². The maximum atomic E-state index is 13.2. The highest BCUT2D eigenvalue weighted by Gasteiger charge is 2.34. The Morgan fingerprint density at radius 3 is 2.37 bits per heavy atom. The number of halogens is 1. The second kappa shape index (κ2) is 11.0. The lowest BCUT2D eigenvalue weighted by molar-refractivity contribution is -0.128. The molecule has 1 N–H and O–H groups in total. The molecular weight excluding hydrogens is 483 g/mol. The topological polar surface area (TPSA) is 73.0 Å². The van der Waals surface area contributed by atoms with Crippen molar-refractivity contribution in [3.63, 3.8) is 0 Å². The van der Waals surface area contributed by atoms with E-state index in [-0.39, 0.29) is 30.0 Å². The Balaban J connectivity index is 1.16. The molecule has 0 bridgehead atoms. The fraction of sp³-hybridized carbons (Fsp3) is 0.300. The highest BCUT2D eigenvalue weighted by Crippen LogP contribution is 2.23. The lowest BCUT2D eigenvalue weighted by Crippen LogP contribution is -2.48. The number of piperazine rings is 1. The van der Waals surface area contributed by atoms with Crippen molar-refractivity contribution in [3.8, 4) is 0 Å². The van der Waals surface area contributed by atoms with E-state index >= 15 is 0 Å².